The van der Waals surface area contributed by atoms with Crippen LogP contribution >= 0.6 is 0 Å². The Morgan fingerprint density at radius 2 is 1.72 bits per heavy atom. The fraction of sp³-hybridized carbons (Fsp3) is 0.381. The summed E-state index contributed by atoms with van der Waals surface area (Å²) in [4.78, 5) is 11.6. The molecule has 1 atom stereocenters. The molecule has 128 valence electrons. The zero-order valence-electron chi connectivity index (χ0n) is 14.2. The second-order valence-electron chi connectivity index (χ2n) is 7.24. The molecule has 25 heavy (non-hydrogen) atoms. The number of carbonyl (C=O) groups is 1. The molecule has 1 heterocycles. The Morgan fingerprint density at radius 1 is 1.08 bits per heavy atom. The van der Waals surface area contributed by atoms with E-state index < -0.39 is 5.79 Å². The van der Waals surface area contributed by atoms with E-state index in [0.717, 1.165) is 41.5 Å². The van der Waals surface area contributed by atoms with E-state index in [1.165, 1.54) is 6.92 Å². The van der Waals surface area contributed by atoms with Crippen molar-refractivity contribution < 1.29 is 19.0 Å². The topological polar surface area (TPSA) is 44.8 Å². The lowest BCUT2D eigenvalue weighted by atomic mass is 9.76. The minimum Gasteiger partial charge on any atom is -0.462 e. The van der Waals surface area contributed by atoms with Gasteiger partial charge in [0.15, 0.2) is 0 Å². The van der Waals surface area contributed by atoms with Gasteiger partial charge in [0, 0.05) is 13.3 Å². The average molecular weight is 336 g/mol. The van der Waals surface area contributed by atoms with Crippen molar-refractivity contribution in [3.8, 4) is 11.5 Å². The maximum Gasteiger partial charge on any atom is 0.302 e. The van der Waals surface area contributed by atoms with Crippen LogP contribution in [0.15, 0.2) is 48.6 Å². The smallest absolute Gasteiger partial charge is 0.302 e. The monoisotopic (exact) mass is 336 g/mol. The Hall–Kier alpha value is -2.49. The number of benzene rings is 2. The zero-order valence-corrected chi connectivity index (χ0v) is 14.2. The van der Waals surface area contributed by atoms with Gasteiger partial charge >= 0.3 is 5.97 Å². The van der Waals surface area contributed by atoms with E-state index in [0.29, 0.717) is 6.42 Å². The summed E-state index contributed by atoms with van der Waals surface area (Å²) in [5.41, 5.74) is -0.367. The summed E-state index contributed by atoms with van der Waals surface area (Å²) >= 11 is 0. The van der Waals surface area contributed by atoms with Gasteiger partial charge in [0.25, 0.3) is 5.79 Å². The van der Waals surface area contributed by atoms with Gasteiger partial charge in [-0.05, 0) is 36.8 Å². The number of hydrogen-bond acceptors (Lipinski definition) is 4. The third-order valence-corrected chi connectivity index (χ3v) is 5.93. The van der Waals surface area contributed by atoms with Crippen LogP contribution in [0.4, 0.5) is 0 Å². The lowest BCUT2D eigenvalue weighted by Gasteiger charge is -2.47. The predicted octanol–water partition coefficient (Wildman–Crippen LogP) is 4.37. The van der Waals surface area contributed by atoms with Crippen LogP contribution in [0, 0.1) is 5.41 Å². The molecule has 1 aliphatic heterocycles. The van der Waals surface area contributed by atoms with E-state index in [-0.39, 0.29) is 17.5 Å². The quantitative estimate of drug-likeness (QED) is 0.573. The maximum atomic E-state index is 11.6. The Kier molecular flexibility index (Phi) is 2.97. The molecule has 4 heteroatoms. The summed E-state index contributed by atoms with van der Waals surface area (Å²) in [6, 6.07) is 12.2. The van der Waals surface area contributed by atoms with Gasteiger partial charge in [0.1, 0.15) is 17.6 Å². The van der Waals surface area contributed by atoms with E-state index in [1.54, 1.807) is 0 Å². The number of esters is 1. The Bertz CT molecular complexity index is 849. The number of allylic oxidation sites excluding steroid dienone is 2. The number of rotatable bonds is 1. The molecule has 1 saturated carbocycles. The second kappa shape index (κ2) is 5.01. The van der Waals surface area contributed by atoms with Crippen molar-refractivity contribution in [2.24, 2.45) is 5.41 Å². The largest absolute Gasteiger partial charge is 0.462 e. The molecule has 3 aliphatic rings. The summed E-state index contributed by atoms with van der Waals surface area (Å²) < 4.78 is 18.8. The predicted molar refractivity (Wildman–Crippen MR) is 93.5 cm³/mol. The number of fused-ring (bicyclic) bond motifs is 1. The van der Waals surface area contributed by atoms with Crippen LogP contribution < -0.4 is 9.47 Å². The zero-order chi connectivity index (χ0) is 17.1. The van der Waals surface area contributed by atoms with Crippen molar-refractivity contribution in [3.05, 3.63) is 48.6 Å². The molecular formula is C21H20O4. The van der Waals surface area contributed by atoms with E-state index in [2.05, 4.69) is 24.3 Å². The van der Waals surface area contributed by atoms with Crippen LogP contribution in [0.1, 0.15) is 32.6 Å². The lowest BCUT2D eigenvalue weighted by Crippen LogP contribution is -2.57. The third-order valence-electron chi connectivity index (χ3n) is 5.93. The highest BCUT2D eigenvalue weighted by atomic mass is 16.7. The second-order valence-corrected chi connectivity index (χ2v) is 7.24. The Morgan fingerprint density at radius 3 is 2.32 bits per heavy atom. The van der Waals surface area contributed by atoms with Gasteiger partial charge in [-0.3, -0.25) is 4.79 Å². The van der Waals surface area contributed by atoms with Gasteiger partial charge in [-0.1, -0.05) is 36.4 Å². The van der Waals surface area contributed by atoms with Gasteiger partial charge in [0.05, 0.1) is 10.8 Å². The average Bonchev–Trinajstić information content (AvgIpc) is 3.18. The van der Waals surface area contributed by atoms with E-state index in [4.69, 9.17) is 14.2 Å². The van der Waals surface area contributed by atoms with Gasteiger partial charge in [-0.15, -0.1) is 0 Å². The summed E-state index contributed by atoms with van der Waals surface area (Å²) in [6.45, 7) is 1.47. The van der Waals surface area contributed by atoms with Crippen LogP contribution in [-0.2, 0) is 9.53 Å². The SMILES string of the molecule is CC(=O)OC1CCC2(Oc3cccc4cccc(c34)O2)C12CC=CC2. The fourth-order valence-corrected chi connectivity index (χ4v) is 4.83. The van der Waals surface area contributed by atoms with E-state index >= 15 is 0 Å². The Labute approximate surface area is 146 Å². The minimum atomic E-state index is -0.792. The molecule has 0 radical (unpaired) electrons. The Balaban J connectivity index is 1.63. The molecule has 2 aromatic rings. The fourth-order valence-electron chi connectivity index (χ4n) is 4.83. The summed E-state index contributed by atoms with van der Waals surface area (Å²) in [7, 11) is 0. The van der Waals surface area contributed by atoms with Crippen molar-refractivity contribution in [2.45, 2.75) is 44.5 Å². The van der Waals surface area contributed by atoms with Gasteiger partial charge in [-0.25, -0.2) is 0 Å². The van der Waals surface area contributed by atoms with Crippen LogP contribution in [-0.4, -0.2) is 17.9 Å². The highest BCUT2D eigenvalue weighted by Crippen LogP contribution is 2.60. The van der Waals surface area contributed by atoms with E-state index in [9.17, 15) is 4.79 Å². The molecule has 0 amide bonds. The first-order valence-corrected chi connectivity index (χ1v) is 8.86. The molecule has 2 spiro atoms. The van der Waals surface area contributed by atoms with Gasteiger partial charge in [-0.2, -0.15) is 0 Å². The van der Waals surface area contributed by atoms with E-state index in [1.807, 2.05) is 24.3 Å². The van der Waals surface area contributed by atoms with Crippen molar-refractivity contribution >= 4 is 16.7 Å². The van der Waals surface area contributed by atoms with Crippen molar-refractivity contribution in [1.29, 1.82) is 0 Å². The van der Waals surface area contributed by atoms with Crippen LogP contribution in [0.3, 0.4) is 0 Å². The first kappa shape index (κ1) is 14.8. The molecule has 0 N–H and O–H groups in total. The van der Waals surface area contributed by atoms with Gasteiger partial charge in [0.2, 0.25) is 0 Å². The van der Waals surface area contributed by atoms with Crippen LogP contribution in [0.2, 0.25) is 0 Å². The molecule has 0 bridgehead atoms. The number of hydrogen-bond donors (Lipinski definition) is 0. The normalized spacial score (nSPS) is 24.4. The molecule has 2 aromatic carbocycles. The molecule has 1 fully saturated rings. The number of ether oxygens (including phenoxy) is 3. The first-order chi connectivity index (χ1) is 12.1. The molecular weight excluding hydrogens is 316 g/mol. The third kappa shape index (κ3) is 1.91. The number of carbonyl (C=O) groups excluding carboxylic acids is 1. The molecule has 0 saturated heterocycles. The highest BCUT2D eigenvalue weighted by Gasteiger charge is 2.67. The maximum absolute atomic E-state index is 11.6. The van der Waals surface area contributed by atoms with Crippen molar-refractivity contribution in [3.63, 3.8) is 0 Å². The summed E-state index contributed by atoms with van der Waals surface area (Å²) in [5.74, 6) is 0.675. The summed E-state index contributed by atoms with van der Waals surface area (Å²) in [5, 5.41) is 2.13. The van der Waals surface area contributed by atoms with Crippen LogP contribution in [0.25, 0.3) is 10.8 Å². The van der Waals surface area contributed by atoms with Crippen LogP contribution in [0.5, 0.6) is 11.5 Å². The molecule has 5 rings (SSSR count). The molecule has 0 aromatic heterocycles. The summed E-state index contributed by atoms with van der Waals surface area (Å²) in [6.07, 6.45) is 7.15. The lowest BCUT2D eigenvalue weighted by molar-refractivity contribution is -0.210. The first-order valence-electron chi connectivity index (χ1n) is 8.86. The molecule has 4 nitrogen and oxygen atoms in total. The minimum absolute atomic E-state index is 0.190. The van der Waals surface area contributed by atoms with Crippen molar-refractivity contribution in [2.75, 3.05) is 0 Å². The molecule has 2 aliphatic carbocycles. The molecule has 1 unspecified atom stereocenters. The highest BCUT2D eigenvalue weighted by molar-refractivity contribution is 5.94. The standard InChI is InChI=1S/C21H20O4/c1-14(22)23-18-10-13-21(20(18)11-2-3-12-20)24-16-8-4-6-15-7-5-9-17(25-21)19(15)16/h2-9,18H,10-13H2,1H3. The van der Waals surface area contributed by atoms with Crippen molar-refractivity contribution in [1.82, 2.24) is 0 Å². The van der Waals surface area contributed by atoms with Gasteiger partial charge < -0.3 is 14.2 Å².